The number of benzene rings is 3. The number of anilines is 1. The van der Waals surface area contributed by atoms with E-state index in [4.69, 9.17) is 0 Å². The molecule has 3 aromatic rings. The van der Waals surface area contributed by atoms with Gasteiger partial charge in [0.2, 0.25) is 0 Å². The van der Waals surface area contributed by atoms with Crippen LogP contribution in [0.25, 0.3) is 5.57 Å². The molecule has 0 radical (unpaired) electrons. The van der Waals surface area contributed by atoms with Crippen molar-refractivity contribution in [1.29, 1.82) is 0 Å². The molecule has 1 aliphatic rings. The molecule has 4 rings (SSSR count). The van der Waals surface area contributed by atoms with Crippen LogP contribution in [-0.4, -0.2) is 20.1 Å². The standard InChI is InChI=1S/C25H22F3NO3S/c1-16-8-11-20(12-9-16)33(31,32)29-15-22(17(2)18-6-4-3-5-7-18)24(30)21-13-10-19(14-23(21)29)25(26,27)28/h3-14,22,24,30H,2,15H2,1H3. The highest BCUT2D eigenvalue weighted by atomic mass is 32.2. The predicted octanol–water partition coefficient (Wildman–Crippen LogP) is 5.59. The van der Waals surface area contributed by atoms with Crippen LogP contribution in [0.2, 0.25) is 0 Å². The van der Waals surface area contributed by atoms with Crippen LogP contribution in [-0.2, 0) is 16.2 Å². The molecule has 0 saturated carbocycles. The van der Waals surface area contributed by atoms with E-state index in [1.807, 2.05) is 6.07 Å². The Balaban J connectivity index is 1.87. The van der Waals surface area contributed by atoms with E-state index in [-0.39, 0.29) is 22.7 Å². The number of alkyl halides is 3. The second-order valence-electron chi connectivity index (χ2n) is 8.06. The third-order valence-corrected chi connectivity index (χ3v) is 7.68. The van der Waals surface area contributed by atoms with Crippen molar-refractivity contribution in [3.8, 4) is 0 Å². The summed E-state index contributed by atoms with van der Waals surface area (Å²) in [5, 5.41) is 11.1. The normalized spacial score (nSPS) is 18.6. The van der Waals surface area contributed by atoms with E-state index in [0.29, 0.717) is 11.1 Å². The van der Waals surface area contributed by atoms with Crippen LogP contribution in [0.3, 0.4) is 0 Å². The van der Waals surface area contributed by atoms with Crippen molar-refractivity contribution in [1.82, 2.24) is 0 Å². The summed E-state index contributed by atoms with van der Waals surface area (Å²) >= 11 is 0. The van der Waals surface area contributed by atoms with Crippen molar-refractivity contribution in [2.24, 2.45) is 5.92 Å². The van der Waals surface area contributed by atoms with Crippen LogP contribution < -0.4 is 4.31 Å². The monoisotopic (exact) mass is 473 g/mol. The highest BCUT2D eigenvalue weighted by Crippen LogP contribution is 2.46. The average Bonchev–Trinajstić information content (AvgIpc) is 2.79. The van der Waals surface area contributed by atoms with Gasteiger partial charge in [-0.1, -0.05) is 60.7 Å². The van der Waals surface area contributed by atoms with Gasteiger partial charge in [-0.15, -0.1) is 0 Å². The zero-order chi connectivity index (χ0) is 24.0. The van der Waals surface area contributed by atoms with Gasteiger partial charge in [0.1, 0.15) is 0 Å². The van der Waals surface area contributed by atoms with Crippen LogP contribution in [0.1, 0.15) is 28.4 Å². The summed E-state index contributed by atoms with van der Waals surface area (Å²) in [4.78, 5) is -0.0445. The Morgan fingerprint density at radius 3 is 2.27 bits per heavy atom. The fourth-order valence-electron chi connectivity index (χ4n) is 4.01. The number of aliphatic hydroxyl groups is 1. The average molecular weight is 474 g/mol. The molecule has 0 saturated heterocycles. The van der Waals surface area contributed by atoms with Crippen molar-refractivity contribution >= 4 is 21.3 Å². The molecule has 0 bridgehead atoms. The van der Waals surface area contributed by atoms with Crippen LogP contribution in [0.5, 0.6) is 0 Å². The van der Waals surface area contributed by atoms with Gasteiger partial charge in [0.05, 0.1) is 22.3 Å². The number of sulfonamides is 1. The molecule has 0 spiro atoms. The number of hydrogen-bond acceptors (Lipinski definition) is 3. The summed E-state index contributed by atoms with van der Waals surface area (Å²) in [5.41, 5.74) is 0.986. The van der Waals surface area contributed by atoms with Gasteiger partial charge in [-0.2, -0.15) is 13.2 Å². The topological polar surface area (TPSA) is 57.6 Å². The predicted molar refractivity (Wildman–Crippen MR) is 121 cm³/mol. The third-order valence-electron chi connectivity index (χ3n) is 5.89. The first-order valence-corrected chi connectivity index (χ1v) is 11.7. The molecule has 1 heterocycles. The van der Waals surface area contributed by atoms with Gasteiger partial charge in [0, 0.05) is 18.0 Å². The maximum Gasteiger partial charge on any atom is 0.416 e. The Labute approximate surface area is 190 Å². The van der Waals surface area contributed by atoms with Gasteiger partial charge in [-0.05, 0) is 42.3 Å². The van der Waals surface area contributed by atoms with Gasteiger partial charge in [-0.3, -0.25) is 4.31 Å². The summed E-state index contributed by atoms with van der Waals surface area (Å²) in [6, 6.07) is 17.8. The van der Waals surface area contributed by atoms with Gasteiger partial charge in [-0.25, -0.2) is 8.42 Å². The second-order valence-corrected chi connectivity index (χ2v) is 9.93. The van der Waals surface area contributed by atoms with Crippen molar-refractivity contribution in [3.05, 3.63) is 102 Å². The Bertz CT molecular complexity index is 1290. The molecular weight excluding hydrogens is 451 g/mol. The summed E-state index contributed by atoms with van der Waals surface area (Å²) < 4.78 is 68.4. The lowest BCUT2D eigenvalue weighted by Gasteiger charge is -2.39. The van der Waals surface area contributed by atoms with E-state index >= 15 is 0 Å². The Kier molecular flexibility index (Phi) is 5.84. The molecule has 1 aliphatic heterocycles. The van der Waals surface area contributed by atoms with E-state index in [0.717, 1.165) is 28.1 Å². The molecule has 172 valence electrons. The summed E-state index contributed by atoms with van der Waals surface area (Å²) in [6.07, 6.45) is -5.89. The summed E-state index contributed by atoms with van der Waals surface area (Å²) in [5.74, 6) is -0.753. The Hall–Kier alpha value is -3.10. The largest absolute Gasteiger partial charge is 0.416 e. The van der Waals surface area contributed by atoms with Crippen LogP contribution in [0.15, 0.2) is 84.3 Å². The van der Waals surface area contributed by atoms with Crippen LogP contribution in [0, 0.1) is 12.8 Å². The molecule has 3 aromatic carbocycles. The number of rotatable bonds is 4. The molecule has 0 aromatic heterocycles. The van der Waals surface area contributed by atoms with E-state index in [9.17, 15) is 26.7 Å². The van der Waals surface area contributed by atoms with Crippen molar-refractivity contribution < 1.29 is 26.7 Å². The van der Waals surface area contributed by atoms with Gasteiger partial charge in [0.15, 0.2) is 0 Å². The number of halogens is 3. The SMILES string of the molecule is C=C(c1ccccc1)C1CN(S(=O)(=O)c2ccc(C)cc2)c2cc(C(F)(F)F)ccc2C1O. The molecular formula is C25H22F3NO3S. The molecule has 0 amide bonds. The lowest BCUT2D eigenvalue weighted by Crippen LogP contribution is -2.42. The molecule has 2 atom stereocenters. The number of hydrogen-bond donors (Lipinski definition) is 1. The molecule has 8 heteroatoms. The van der Waals surface area contributed by atoms with Gasteiger partial charge >= 0.3 is 6.18 Å². The number of aliphatic hydroxyl groups excluding tert-OH is 1. The van der Waals surface area contributed by atoms with E-state index in [1.54, 1.807) is 43.3 Å². The molecule has 33 heavy (non-hydrogen) atoms. The van der Waals surface area contributed by atoms with Crippen molar-refractivity contribution in [2.45, 2.75) is 24.1 Å². The number of aryl methyl sites for hydroxylation is 1. The van der Waals surface area contributed by atoms with Crippen LogP contribution >= 0.6 is 0 Å². The molecule has 1 N–H and O–H groups in total. The number of nitrogens with zero attached hydrogens (tertiary/aromatic N) is 1. The molecule has 0 fully saturated rings. The fraction of sp³-hybridized carbons (Fsp3) is 0.200. The highest BCUT2D eigenvalue weighted by Gasteiger charge is 2.41. The first-order chi connectivity index (χ1) is 15.5. The van der Waals surface area contributed by atoms with Crippen molar-refractivity contribution in [2.75, 3.05) is 10.8 Å². The second kappa shape index (κ2) is 8.35. The minimum absolute atomic E-state index is 0.0445. The zero-order valence-electron chi connectivity index (χ0n) is 17.8. The summed E-state index contributed by atoms with van der Waals surface area (Å²) in [7, 11) is -4.21. The third kappa shape index (κ3) is 4.28. The maximum absolute atomic E-state index is 13.6. The lowest BCUT2D eigenvalue weighted by atomic mass is 9.82. The van der Waals surface area contributed by atoms with E-state index < -0.39 is 33.8 Å². The quantitative estimate of drug-likeness (QED) is 0.538. The minimum atomic E-state index is -4.66. The smallest absolute Gasteiger partial charge is 0.388 e. The van der Waals surface area contributed by atoms with E-state index in [1.165, 1.54) is 12.1 Å². The maximum atomic E-state index is 13.6. The summed E-state index contributed by atoms with van der Waals surface area (Å²) in [6.45, 7) is 5.62. The van der Waals surface area contributed by atoms with Crippen molar-refractivity contribution in [3.63, 3.8) is 0 Å². The zero-order valence-corrected chi connectivity index (χ0v) is 18.6. The van der Waals surface area contributed by atoms with Gasteiger partial charge in [0.25, 0.3) is 10.0 Å². The Morgan fingerprint density at radius 2 is 1.67 bits per heavy atom. The number of fused-ring (bicyclic) bond motifs is 1. The molecule has 0 aliphatic carbocycles. The fourth-order valence-corrected chi connectivity index (χ4v) is 5.52. The molecule has 4 nitrogen and oxygen atoms in total. The highest BCUT2D eigenvalue weighted by molar-refractivity contribution is 7.92. The first kappa shape index (κ1) is 23.1. The van der Waals surface area contributed by atoms with Gasteiger partial charge < -0.3 is 5.11 Å². The van der Waals surface area contributed by atoms with E-state index in [2.05, 4.69) is 6.58 Å². The van der Waals surface area contributed by atoms with Crippen LogP contribution in [0.4, 0.5) is 18.9 Å². The molecule has 2 unspecified atom stereocenters. The first-order valence-electron chi connectivity index (χ1n) is 10.2. The minimum Gasteiger partial charge on any atom is -0.388 e. The Morgan fingerprint density at radius 1 is 1.03 bits per heavy atom. The lowest BCUT2D eigenvalue weighted by molar-refractivity contribution is -0.137.